The number of hydrogen-bond acceptors (Lipinski definition) is 4. The van der Waals surface area contributed by atoms with Gasteiger partial charge in [0.05, 0.1) is 0 Å². The fraction of sp³-hybridized carbons (Fsp3) is 0.450. The molecule has 4 rings (SSSR count). The highest BCUT2D eigenvalue weighted by Crippen LogP contribution is 2.40. The number of carbonyl (C=O) groups is 2. The molecule has 1 heterocycles. The van der Waals surface area contributed by atoms with E-state index < -0.39 is 0 Å². The van der Waals surface area contributed by atoms with Crippen molar-refractivity contribution in [2.24, 2.45) is 0 Å². The molecule has 1 aromatic carbocycles. The van der Waals surface area contributed by atoms with E-state index in [9.17, 15) is 9.59 Å². The van der Waals surface area contributed by atoms with Gasteiger partial charge in [-0.2, -0.15) is 0 Å². The summed E-state index contributed by atoms with van der Waals surface area (Å²) in [6.07, 6.45) is 7.93. The first-order valence-electron chi connectivity index (χ1n) is 9.38. The van der Waals surface area contributed by atoms with Crippen molar-refractivity contribution in [1.29, 1.82) is 0 Å². The molecule has 26 heavy (non-hydrogen) atoms. The van der Waals surface area contributed by atoms with Crippen LogP contribution < -0.4 is 10.6 Å². The van der Waals surface area contributed by atoms with Crippen LogP contribution in [0.25, 0.3) is 0 Å². The van der Waals surface area contributed by atoms with E-state index in [4.69, 9.17) is 4.52 Å². The minimum atomic E-state index is -0.306. The van der Waals surface area contributed by atoms with Gasteiger partial charge in [0.2, 0.25) is 0 Å². The van der Waals surface area contributed by atoms with Gasteiger partial charge >= 0.3 is 0 Å². The lowest BCUT2D eigenvalue weighted by atomic mass is 9.95. The van der Waals surface area contributed by atoms with Crippen LogP contribution in [0, 0.1) is 0 Å². The Hall–Kier alpha value is -2.63. The van der Waals surface area contributed by atoms with E-state index in [1.165, 1.54) is 19.3 Å². The van der Waals surface area contributed by atoms with Crippen LogP contribution in [0.15, 0.2) is 34.9 Å². The van der Waals surface area contributed by atoms with Crippen molar-refractivity contribution in [2.45, 2.75) is 56.9 Å². The predicted molar refractivity (Wildman–Crippen MR) is 97.2 cm³/mol. The predicted octanol–water partition coefficient (Wildman–Crippen LogP) is 3.87. The van der Waals surface area contributed by atoms with Gasteiger partial charge < -0.3 is 15.2 Å². The molecule has 0 aliphatic heterocycles. The van der Waals surface area contributed by atoms with E-state index in [0.29, 0.717) is 17.2 Å². The second-order valence-electron chi connectivity index (χ2n) is 7.23. The maximum Gasteiger partial charge on any atom is 0.277 e. The van der Waals surface area contributed by atoms with E-state index in [0.717, 1.165) is 31.4 Å². The Balaban J connectivity index is 1.34. The molecule has 0 saturated heterocycles. The van der Waals surface area contributed by atoms with Crippen LogP contribution in [0.3, 0.4) is 0 Å². The summed E-state index contributed by atoms with van der Waals surface area (Å²) in [4.78, 5) is 24.6. The molecular formula is C20H23N3O3. The molecule has 0 bridgehead atoms. The van der Waals surface area contributed by atoms with Crippen LogP contribution in [0.1, 0.15) is 77.5 Å². The average Bonchev–Trinajstić information content (AvgIpc) is 3.39. The van der Waals surface area contributed by atoms with E-state index >= 15 is 0 Å². The first kappa shape index (κ1) is 16.8. The fourth-order valence-corrected chi connectivity index (χ4v) is 3.37. The molecule has 6 nitrogen and oxygen atoms in total. The third-order valence-electron chi connectivity index (χ3n) is 5.09. The van der Waals surface area contributed by atoms with Gasteiger partial charge in [0.25, 0.3) is 11.8 Å². The summed E-state index contributed by atoms with van der Waals surface area (Å²) in [6, 6.07) is 8.91. The Bertz CT molecular complexity index is 787. The SMILES string of the molecule is O=C(NC1CCCCC1)c1ccc(NC(=O)c2cc(C3CC3)on2)cc1. The number of hydrogen-bond donors (Lipinski definition) is 2. The maximum atomic E-state index is 12.3. The third kappa shape index (κ3) is 3.95. The van der Waals surface area contributed by atoms with Crippen molar-refractivity contribution in [1.82, 2.24) is 10.5 Å². The minimum absolute atomic E-state index is 0.0552. The monoisotopic (exact) mass is 353 g/mol. The molecule has 1 aromatic heterocycles. The molecule has 0 unspecified atom stereocenters. The van der Waals surface area contributed by atoms with Gasteiger partial charge in [0.1, 0.15) is 5.76 Å². The van der Waals surface area contributed by atoms with Crippen molar-refractivity contribution in [3.63, 3.8) is 0 Å². The van der Waals surface area contributed by atoms with Gasteiger partial charge in [-0.15, -0.1) is 0 Å². The maximum absolute atomic E-state index is 12.3. The van der Waals surface area contributed by atoms with Crippen molar-refractivity contribution in [2.75, 3.05) is 5.32 Å². The first-order chi connectivity index (χ1) is 12.7. The largest absolute Gasteiger partial charge is 0.360 e. The number of aromatic nitrogens is 1. The molecule has 2 aliphatic carbocycles. The normalized spacial score (nSPS) is 17.7. The number of carbonyl (C=O) groups excluding carboxylic acids is 2. The Kier molecular flexibility index (Phi) is 4.73. The molecule has 2 amide bonds. The van der Waals surface area contributed by atoms with E-state index in [2.05, 4.69) is 15.8 Å². The van der Waals surface area contributed by atoms with Crippen LogP contribution in [0.4, 0.5) is 5.69 Å². The molecule has 0 atom stereocenters. The highest BCUT2D eigenvalue weighted by atomic mass is 16.5. The zero-order valence-corrected chi connectivity index (χ0v) is 14.7. The lowest BCUT2D eigenvalue weighted by molar-refractivity contribution is 0.0927. The summed E-state index contributed by atoms with van der Waals surface area (Å²) >= 11 is 0. The Labute approximate surface area is 152 Å². The first-order valence-corrected chi connectivity index (χ1v) is 9.38. The minimum Gasteiger partial charge on any atom is -0.360 e. The molecule has 0 radical (unpaired) electrons. The van der Waals surface area contributed by atoms with Crippen LogP contribution in [-0.4, -0.2) is 23.0 Å². The average molecular weight is 353 g/mol. The molecule has 2 saturated carbocycles. The number of nitrogens with one attached hydrogen (secondary N) is 2. The summed E-state index contributed by atoms with van der Waals surface area (Å²) in [5.74, 6) is 0.844. The van der Waals surface area contributed by atoms with E-state index in [1.54, 1.807) is 30.3 Å². The quantitative estimate of drug-likeness (QED) is 0.855. The third-order valence-corrected chi connectivity index (χ3v) is 5.09. The second kappa shape index (κ2) is 7.32. The molecule has 2 N–H and O–H groups in total. The molecule has 2 aromatic rings. The number of amides is 2. The summed E-state index contributed by atoms with van der Waals surface area (Å²) in [7, 11) is 0. The Morgan fingerprint density at radius 2 is 1.69 bits per heavy atom. The van der Waals surface area contributed by atoms with Crippen LogP contribution in [0.5, 0.6) is 0 Å². The van der Waals surface area contributed by atoms with Gasteiger partial charge in [-0.3, -0.25) is 9.59 Å². The van der Waals surface area contributed by atoms with Gasteiger partial charge in [-0.25, -0.2) is 0 Å². The van der Waals surface area contributed by atoms with E-state index in [1.807, 2.05) is 0 Å². The van der Waals surface area contributed by atoms with Gasteiger partial charge in [0.15, 0.2) is 5.69 Å². The molecule has 2 aliphatic rings. The summed E-state index contributed by atoms with van der Waals surface area (Å²) in [6.45, 7) is 0. The van der Waals surface area contributed by atoms with Crippen molar-refractivity contribution < 1.29 is 14.1 Å². The summed E-state index contributed by atoms with van der Waals surface area (Å²) in [5.41, 5.74) is 1.51. The molecular weight excluding hydrogens is 330 g/mol. The van der Waals surface area contributed by atoms with Crippen molar-refractivity contribution >= 4 is 17.5 Å². The number of anilines is 1. The second-order valence-corrected chi connectivity index (χ2v) is 7.23. The van der Waals surface area contributed by atoms with Crippen LogP contribution in [-0.2, 0) is 0 Å². The van der Waals surface area contributed by atoms with Gasteiger partial charge in [-0.05, 0) is 49.9 Å². The number of benzene rings is 1. The van der Waals surface area contributed by atoms with Crippen LogP contribution >= 0.6 is 0 Å². The van der Waals surface area contributed by atoms with Gasteiger partial charge in [0, 0.05) is 29.3 Å². The molecule has 6 heteroatoms. The lowest BCUT2D eigenvalue weighted by Crippen LogP contribution is -2.36. The van der Waals surface area contributed by atoms with Gasteiger partial charge in [-0.1, -0.05) is 24.4 Å². The topological polar surface area (TPSA) is 84.2 Å². The molecule has 2 fully saturated rings. The highest BCUT2D eigenvalue weighted by molar-refractivity contribution is 6.03. The van der Waals surface area contributed by atoms with E-state index in [-0.39, 0.29) is 23.6 Å². The zero-order valence-electron chi connectivity index (χ0n) is 14.7. The fourth-order valence-electron chi connectivity index (χ4n) is 3.37. The highest BCUT2D eigenvalue weighted by Gasteiger charge is 2.28. The van der Waals surface area contributed by atoms with Crippen molar-refractivity contribution in [3.8, 4) is 0 Å². The van der Waals surface area contributed by atoms with Crippen molar-refractivity contribution in [3.05, 3.63) is 47.3 Å². The standard InChI is InChI=1S/C20H23N3O3/c24-19(21-15-4-2-1-3-5-15)14-8-10-16(11-9-14)22-20(25)17-12-18(26-23-17)13-6-7-13/h8-13,15H,1-7H2,(H,21,24)(H,22,25). The Morgan fingerprint density at radius 3 is 2.38 bits per heavy atom. The lowest BCUT2D eigenvalue weighted by Gasteiger charge is -2.22. The Morgan fingerprint density at radius 1 is 0.962 bits per heavy atom. The molecule has 136 valence electrons. The zero-order chi connectivity index (χ0) is 17.9. The summed E-state index contributed by atoms with van der Waals surface area (Å²) < 4.78 is 5.21. The van der Waals surface area contributed by atoms with Crippen LogP contribution in [0.2, 0.25) is 0 Å². The smallest absolute Gasteiger partial charge is 0.277 e. The number of rotatable bonds is 5. The summed E-state index contributed by atoms with van der Waals surface area (Å²) in [5, 5.41) is 9.71. The molecule has 0 spiro atoms. The number of nitrogens with zero attached hydrogens (tertiary/aromatic N) is 1.